The number of nitrogen functional groups attached to an aromatic ring is 1. The SMILES string of the molecule is Cc1ccc(C#CCCCc2ccccc2N)cc1. The topological polar surface area (TPSA) is 26.0 Å². The Morgan fingerprint density at radius 3 is 2.47 bits per heavy atom. The van der Waals surface area contributed by atoms with Gasteiger partial charge in [0.1, 0.15) is 0 Å². The van der Waals surface area contributed by atoms with Gasteiger partial charge in [0.15, 0.2) is 0 Å². The molecule has 2 rings (SSSR count). The average molecular weight is 249 g/mol. The molecule has 96 valence electrons. The van der Waals surface area contributed by atoms with Crippen LogP contribution in [0.2, 0.25) is 0 Å². The Morgan fingerprint density at radius 1 is 1.00 bits per heavy atom. The summed E-state index contributed by atoms with van der Waals surface area (Å²) in [7, 11) is 0. The number of unbranched alkanes of at least 4 members (excludes halogenated alkanes) is 1. The predicted molar refractivity (Wildman–Crippen MR) is 81.8 cm³/mol. The molecule has 2 aromatic carbocycles. The van der Waals surface area contributed by atoms with Crippen LogP contribution >= 0.6 is 0 Å². The summed E-state index contributed by atoms with van der Waals surface area (Å²) in [6.45, 7) is 2.08. The number of aryl methyl sites for hydroxylation is 2. The lowest BCUT2D eigenvalue weighted by Gasteiger charge is -2.02. The van der Waals surface area contributed by atoms with Crippen LogP contribution in [0.15, 0.2) is 48.5 Å². The number of hydrogen-bond acceptors (Lipinski definition) is 1. The highest BCUT2D eigenvalue weighted by Gasteiger charge is 1.96. The largest absolute Gasteiger partial charge is 0.399 e. The number of hydrogen-bond donors (Lipinski definition) is 1. The number of para-hydroxylation sites is 1. The molecule has 0 spiro atoms. The molecule has 19 heavy (non-hydrogen) atoms. The Labute approximate surface area is 115 Å². The summed E-state index contributed by atoms with van der Waals surface area (Å²) < 4.78 is 0. The van der Waals surface area contributed by atoms with Crippen molar-refractivity contribution in [3.63, 3.8) is 0 Å². The number of anilines is 1. The molecule has 0 aliphatic heterocycles. The van der Waals surface area contributed by atoms with Crippen LogP contribution in [0.3, 0.4) is 0 Å². The zero-order valence-corrected chi connectivity index (χ0v) is 11.3. The van der Waals surface area contributed by atoms with Gasteiger partial charge in [-0.05, 0) is 43.5 Å². The van der Waals surface area contributed by atoms with Crippen LogP contribution in [0.5, 0.6) is 0 Å². The van der Waals surface area contributed by atoms with Gasteiger partial charge >= 0.3 is 0 Å². The van der Waals surface area contributed by atoms with Gasteiger partial charge in [-0.15, -0.1) is 0 Å². The molecule has 0 atom stereocenters. The molecule has 0 saturated heterocycles. The maximum atomic E-state index is 5.90. The van der Waals surface area contributed by atoms with E-state index in [1.807, 2.05) is 18.2 Å². The number of nitrogens with two attached hydrogens (primary N) is 1. The van der Waals surface area contributed by atoms with Crippen LogP contribution in [0.25, 0.3) is 0 Å². The average Bonchev–Trinajstić information content (AvgIpc) is 2.42. The molecule has 0 aliphatic carbocycles. The van der Waals surface area contributed by atoms with Gasteiger partial charge in [0.25, 0.3) is 0 Å². The summed E-state index contributed by atoms with van der Waals surface area (Å²) in [5, 5.41) is 0. The minimum absolute atomic E-state index is 0.883. The summed E-state index contributed by atoms with van der Waals surface area (Å²) in [5.41, 5.74) is 10.4. The van der Waals surface area contributed by atoms with Crippen molar-refractivity contribution in [2.24, 2.45) is 0 Å². The molecular weight excluding hydrogens is 230 g/mol. The van der Waals surface area contributed by atoms with Crippen molar-refractivity contribution < 1.29 is 0 Å². The monoisotopic (exact) mass is 249 g/mol. The van der Waals surface area contributed by atoms with Crippen LogP contribution in [0.1, 0.15) is 29.5 Å². The lowest BCUT2D eigenvalue weighted by Crippen LogP contribution is -1.93. The Balaban J connectivity index is 1.82. The van der Waals surface area contributed by atoms with E-state index in [1.165, 1.54) is 11.1 Å². The minimum Gasteiger partial charge on any atom is -0.399 e. The molecule has 0 heterocycles. The molecule has 0 bridgehead atoms. The molecule has 0 unspecified atom stereocenters. The van der Waals surface area contributed by atoms with E-state index in [4.69, 9.17) is 5.73 Å². The molecule has 0 radical (unpaired) electrons. The van der Waals surface area contributed by atoms with Crippen molar-refractivity contribution in [1.82, 2.24) is 0 Å². The Kier molecular flexibility index (Phi) is 4.64. The third kappa shape index (κ3) is 4.19. The second kappa shape index (κ2) is 6.66. The smallest absolute Gasteiger partial charge is 0.0346 e. The van der Waals surface area contributed by atoms with Gasteiger partial charge in [-0.2, -0.15) is 0 Å². The van der Waals surface area contributed by atoms with E-state index in [0.717, 1.165) is 30.5 Å². The number of benzene rings is 2. The van der Waals surface area contributed by atoms with Gasteiger partial charge in [0.05, 0.1) is 0 Å². The van der Waals surface area contributed by atoms with Crippen LogP contribution in [0.4, 0.5) is 5.69 Å². The Hall–Kier alpha value is -2.20. The van der Waals surface area contributed by atoms with Crippen molar-refractivity contribution in [1.29, 1.82) is 0 Å². The summed E-state index contributed by atoms with van der Waals surface area (Å²) in [4.78, 5) is 0. The standard InChI is InChI=1S/C18H19N/c1-15-11-13-16(14-12-15)7-3-2-4-8-17-9-5-6-10-18(17)19/h5-6,9-14H,2,4,8,19H2,1H3. The lowest BCUT2D eigenvalue weighted by molar-refractivity contribution is 0.859. The first kappa shape index (κ1) is 13.2. The van der Waals surface area contributed by atoms with Crippen LogP contribution in [0, 0.1) is 18.8 Å². The first-order valence-electron chi connectivity index (χ1n) is 6.64. The Bertz CT molecular complexity index is 585. The maximum absolute atomic E-state index is 5.90. The molecule has 0 aliphatic rings. The highest BCUT2D eigenvalue weighted by molar-refractivity contribution is 5.46. The van der Waals surface area contributed by atoms with Gasteiger partial charge < -0.3 is 5.73 Å². The molecule has 1 nitrogen and oxygen atoms in total. The molecule has 2 aromatic rings. The summed E-state index contributed by atoms with van der Waals surface area (Å²) in [6, 6.07) is 16.4. The first-order valence-corrected chi connectivity index (χ1v) is 6.64. The third-order valence-corrected chi connectivity index (χ3v) is 3.09. The van der Waals surface area contributed by atoms with E-state index in [9.17, 15) is 0 Å². The van der Waals surface area contributed by atoms with E-state index in [2.05, 4.69) is 49.1 Å². The summed E-state index contributed by atoms with van der Waals surface area (Å²) in [6.07, 6.45) is 2.95. The molecule has 1 heteroatoms. The normalized spacial score (nSPS) is 9.74. The van der Waals surface area contributed by atoms with Crippen LogP contribution < -0.4 is 5.73 Å². The minimum atomic E-state index is 0.883. The molecule has 0 amide bonds. The van der Waals surface area contributed by atoms with E-state index in [1.54, 1.807) is 0 Å². The Morgan fingerprint density at radius 2 is 1.74 bits per heavy atom. The van der Waals surface area contributed by atoms with Gasteiger partial charge in [-0.1, -0.05) is 47.7 Å². The van der Waals surface area contributed by atoms with Gasteiger partial charge in [-0.3, -0.25) is 0 Å². The fourth-order valence-electron chi connectivity index (χ4n) is 1.93. The zero-order valence-electron chi connectivity index (χ0n) is 11.3. The summed E-state index contributed by atoms with van der Waals surface area (Å²) in [5.74, 6) is 6.41. The molecule has 0 aromatic heterocycles. The second-order valence-corrected chi connectivity index (χ2v) is 4.72. The fourth-order valence-corrected chi connectivity index (χ4v) is 1.93. The van der Waals surface area contributed by atoms with Crippen molar-refractivity contribution in [2.45, 2.75) is 26.2 Å². The molecular formula is C18H19N. The molecule has 2 N–H and O–H groups in total. The first-order chi connectivity index (χ1) is 9.25. The van der Waals surface area contributed by atoms with Crippen LogP contribution in [-0.2, 0) is 6.42 Å². The molecule has 0 saturated carbocycles. The second-order valence-electron chi connectivity index (χ2n) is 4.72. The third-order valence-electron chi connectivity index (χ3n) is 3.09. The predicted octanol–water partition coefficient (Wildman–Crippen LogP) is 3.95. The van der Waals surface area contributed by atoms with Gasteiger partial charge in [0, 0.05) is 17.7 Å². The van der Waals surface area contributed by atoms with E-state index >= 15 is 0 Å². The lowest BCUT2D eigenvalue weighted by atomic mass is 10.1. The highest BCUT2D eigenvalue weighted by Crippen LogP contribution is 2.13. The van der Waals surface area contributed by atoms with Gasteiger partial charge in [-0.25, -0.2) is 0 Å². The quantitative estimate of drug-likeness (QED) is 0.497. The maximum Gasteiger partial charge on any atom is 0.0346 e. The van der Waals surface area contributed by atoms with E-state index in [0.29, 0.717) is 0 Å². The van der Waals surface area contributed by atoms with Crippen molar-refractivity contribution in [2.75, 3.05) is 5.73 Å². The highest BCUT2D eigenvalue weighted by atomic mass is 14.6. The van der Waals surface area contributed by atoms with Crippen LogP contribution in [-0.4, -0.2) is 0 Å². The zero-order chi connectivity index (χ0) is 13.5. The fraction of sp³-hybridized carbons (Fsp3) is 0.222. The van der Waals surface area contributed by atoms with E-state index in [-0.39, 0.29) is 0 Å². The van der Waals surface area contributed by atoms with Crippen molar-refractivity contribution in [3.05, 3.63) is 65.2 Å². The summed E-state index contributed by atoms with van der Waals surface area (Å²) >= 11 is 0. The van der Waals surface area contributed by atoms with Crippen molar-refractivity contribution in [3.8, 4) is 11.8 Å². The van der Waals surface area contributed by atoms with Gasteiger partial charge in [0.2, 0.25) is 0 Å². The van der Waals surface area contributed by atoms with E-state index < -0.39 is 0 Å². The molecule has 0 fully saturated rings. The van der Waals surface area contributed by atoms with Crippen molar-refractivity contribution >= 4 is 5.69 Å². The number of rotatable bonds is 3.